The van der Waals surface area contributed by atoms with Gasteiger partial charge in [0, 0.05) is 31.9 Å². The summed E-state index contributed by atoms with van der Waals surface area (Å²) in [6.07, 6.45) is 6.01. The van der Waals surface area contributed by atoms with Crippen LogP contribution < -0.4 is 11.1 Å². The van der Waals surface area contributed by atoms with Gasteiger partial charge in [-0.05, 0) is 31.8 Å². The highest BCUT2D eigenvalue weighted by atomic mass is 16.2. The predicted octanol–water partition coefficient (Wildman–Crippen LogP) is 0.268. The number of nitrogens with zero attached hydrogens (tertiary/aromatic N) is 3. The van der Waals surface area contributed by atoms with Gasteiger partial charge in [-0.2, -0.15) is 5.10 Å². The molecule has 112 valence electrons. The lowest BCUT2D eigenvalue weighted by Gasteiger charge is -2.21. The minimum Gasteiger partial charge on any atom is -0.354 e. The molecule has 0 saturated carbocycles. The molecule has 0 aromatic carbocycles. The lowest BCUT2D eigenvalue weighted by Crippen LogP contribution is -2.39. The van der Waals surface area contributed by atoms with Crippen LogP contribution in [0.25, 0.3) is 0 Å². The summed E-state index contributed by atoms with van der Waals surface area (Å²) in [5, 5.41) is 6.97. The number of nitrogens with two attached hydrogens (primary N) is 1. The largest absolute Gasteiger partial charge is 0.354 e. The number of rotatable bonds is 6. The average molecular weight is 279 g/mol. The first-order valence-corrected chi connectivity index (χ1v) is 7.30. The maximum Gasteiger partial charge on any atom is 0.241 e. The number of likely N-dealkylation sites (tertiary alicyclic amines) is 1. The number of aromatic nitrogens is 2. The van der Waals surface area contributed by atoms with Crippen LogP contribution in [0.3, 0.4) is 0 Å². The summed E-state index contributed by atoms with van der Waals surface area (Å²) in [5.74, 6) is 0.310. The quantitative estimate of drug-likeness (QED) is 0.783. The number of amides is 1. The fourth-order valence-corrected chi connectivity index (χ4v) is 2.61. The van der Waals surface area contributed by atoms with Crippen molar-refractivity contribution >= 4 is 5.91 Å². The molecule has 1 aromatic heterocycles. The molecule has 1 aliphatic rings. The van der Waals surface area contributed by atoms with Gasteiger partial charge in [-0.3, -0.25) is 9.48 Å². The highest BCUT2D eigenvalue weighted by Crippen LogP contribution is 2.11. The highest BCUT2D eigenvalue weighted by Gasteiger charge is 2.19. The Morgan fingerprint density at radius 3 is 2.80 bits per heavy atom. The lowest BCUT2D eigenvalue weighted by atomic mass is 10.1. The Balaban J connectivity index is 1.73. The number of carbonyl (C=O) groups excluding carboxylic acids is 1. The molecular formula is C14H25N5O. The second-order valence-electron chi connectivity index (χ2n) is 5.78. The van der Waals surface area contributed by atoms with Gasteiger partial charge in [-0.25, -0.2) is 0 Å². The summed E-state index contributed by atoms with van der Waals surface area (Å²) in [6.45, 7) is 6.25. The molecule has 3 N–H and O–H groups in total. The third kappa shape index (κ3) is 4.05. The van der Waals surface area contributed by atoms with Crippen LogP contribution in [0, 0.1) is 5.92 Å². The van der Waals surface area contributed by atoms with E-state index in [1.54, 1.807) is 17.1 Å². The molecule has 0 radical (unpaired) electrons. The molecule has 1 amide bonds. The first-order chi connectivity index (χ1) is 9.56. The molecule has 0 bridgehead atoms. The third-order valence-electron chi connectivity index (χ3n) is 3.76. The summed E-state index contributed by atoms with van der Waals surface area (Å²) >= 11 is 0. The monoisotopic (exact) mass is 279 g/mol. The predicted molar refractivity (Wildman–Crippen MR) is 78.0 cm³/mol. The van der Waals surface area contributed by atoms with Gasteiger partial charge in [-0.15, -0.1) is 0 Å². The molecule has 20 heavy (non-hydrogen) atoms. The Kier molecular flexibility index (Phi) is 5.14. The molecule has 1 fully saturated rings. The van der Waals surface area contributed by atoms with Gasteiger partial charge in [0.2, 0.25) is 5.91 Å². The molecule has 2 atom stereocenters. The number of nitrogens with one attached hydrogen (secondary N) is 1. The Bertz CT molecular complexity index is 439. The zero-order valence-corrected chi connectivity index (χ0v) is 12.4. The number of aryl methyl sites for hydroxylation is 1. The number of hydrogen-bond donors (Lipinski definition) is 2. The average Bonchev–Trinajstić information content (AvgIpc) is 3.06. The van der Waals surface area contributed by atoms with E-state index in [4.69, 9.17) is 5.73 Å². The van der Waals surface area contributed by atoms with Crippen molar-refractivity contribution in [2.75, 3.05) is 26.2 Å². The van der Waals surface area contributed by atoms with E-state index in [1.807, 2.05) is 7.05 Å². The van der Waals surface area contributed by atoms with Gasteiger partial charge in [0.05, 0.1) is 6.20 Å². The Labute approximate surface area is 120 Å². The van der Waals surface area contributed by atoms with Crippen molar-refractivity contribution in [3.63, 3.8) is 0 Å². The lowest BCUT2D eigenvalue weighted by molar-refractivity contribution is -0.122. The minimum absolute atomic E-state index is 0.133. The minimum atomic E-state index is -0.636. The van der Waals surface area contributed by atoms with Gasteiger partial charge in [0.15, 0.2) is 0 Å². The summed E-state index contributed by atoms with van der Waals surface area (Å²) in [7, 11) is 1.81. The smallest absolute Gasteiger partial charge is 0.241 e. The first kappa shape index (κ1) is 15.0. The standard InChI is InChI=1S/C14H25N5O/c1-11(9-19-5-3-4-6-19)7-16-14(20)13(15)12-8-17-18(2)10-12/h8,10-11,13H,3-7,9,15H2,1-2H3,(H,16,20). The van der Waals surface area contributed by atoms with Crippen molar-refractivity contribution in [1.82, 2.24) is 20.0 Å². The third-order valence-corrected chi connectivity index (χ3v) is 3.76. The second-order valence-corrected chi connectivity index (χ2v) is 5.78. The normalized spacial score (nSPS) is 18.9. The fourth-order valence-electron chi connectivity index (χ4n) is 2.61. The van der Waals surface area contributed by atoms with Crippen molar-refractivity contribution < 1.29 is 4.79 Å². The molecular weight excluding hydrogens is 254 g/mol. The van der Waals surface area contributed by atoms with E-state index in [0.29, 0.717) is 12.5 Å². The zero-order valence-electron chi connectivity index (χ0n) is 12.4. The summed E-state index contributed by atoms with van der Waals surface area (Å²) in [4.78, 5) is 14.5. The van der Waals surface area contributed by atoms with Gasteiger partial charge >= 0.3 is 0 Å². The van der Waals surface area contributed by atoms with Crippen LogP contribution in [0.5, 0.6) is 0 Å². The SMILES string of the molecule is CC(CNC(=O)C(N)c1cnn(C)c1)CN1CCCC1. The maximum atomic E-state index is 12.0. The van der Waals surface area contributed by atoms with Crippen molar-refractivity contribution in [3.05, 3.63) is 18.0 Å². The topological polar surface area (TPSA) is 76.2 Å². The fraction of sp³-hybridized carbons (Fsp3) is 0.714. The van der Waals surface area contributed by atoms with Crippen LogP contribution in [-0.4, -0.2) is 46.8 Å². The maximum absolute atomic E-state index is 12.0. The Morgan fingerprint density at radius 2 is 2.20 bits per heavy atom. The van der Waals surface area contributed by atoms with Gasteiger partial charge in [0.25, 0.3) is 0 Å². The molecule has 0 aliphatic carbocycles. The Morgan fingerprint density at radius 1 is 1.50 bits per heavy atom. The molecule has 6 nitrogen and oxygen atoms in total. The molecule has 2 rings (SSSR count). The van der Waals surface area contributed by atoms with Gasteiger partial charge in [-0.1, -0.05) is 6.92 Å². The molecule has 0 spiro atoms. The number of hydrogen-bond acceptors (Lipinski definition) is 4. The molecule has 2 unspecified atom stereocenters. The van der Waals surface area contributed by atoms with Crippen LogP contribution in [0.2, 0.25) is 0 Å². The van der Waals surface area contributed by atoms with E-state index < -0.39 is 6.04 Å². The van der Waals surface area contributed by atoms with E-state index in [1.165, 1.54) is 25.9 Å². The summed E-state index contributed by atoms with van der Waals surface area (Å²) < 4.78 is 1.65. The molecule has 1 saturated heterocycles. The van der Waals surface area contributed by atoms with Crippen LogP contribution in [0.4, 0.5) is 0 Å². The van der Waals surface area contributed by atoms with Crippen LogP contribution in [-0.2, 0) is 11.8 Å². The van der Waals surface area contributed by atoms with Crippen LogP contribution >= 0.6 is 0 Å². The van der Waals surface area contributed by atoms with E-state index in [-0.39, 0.29) is 5.91 Å². The van der Waals surface area contributed by atoms with E-state index >= 15 is 0 Å². The summed E-state index contributed by atoms with van der Waals surface area (Å²) in [5.41, 5.74) is 6.67. The van der Waals surface area contributed by atoms with E-state index in [9.17, 15) is 4.79 Å². The zero-order chi connectivity index (χ0) is 14.5. The molecule has 2 heterocycles. The van der Waals surface area contributed by atoms with Gasteiger partial charge < -0.3 is 16.0 Å². The van der Waals surface area contributed by atoms with Crippen molar-refractivity contribution in [2.45, 2.75) is 25.8 Å². The van der Waals surface area contributed by atoms with E-state index in [0.717, 1.165) is 12.1 Å². The summed E-state index contributed by atoms with van der Waals surface area (Å²) in [6, 6.07) is -0.636. The van der Waals surface area contributed by atoms with Crippen LogP contribution in [0.1, 0.15) is 31.4 Å². The molecule has 6 heteroatoms. The van der Waals surface area contributed by atoms with Gasteiger partial charge in [0.1, 0.15) is 6.04 Å². The number of carbonyl (C=O) groups is 1. The molecule has 1 aliphatic heterocycles. The van der Waals surface area contributed by atoms with E-state index in [2.05, 4.69) is 22.2 Å². The first-order valence-electron chi connectivity index (χ1n) is 7.30. The van der Waals surface area contributed by atoms with Crippen LogP contribution in [0.15, 0.2) is 12.4 Å². The molecule has 1 aromatic rings. The van der Waals surface area contributed by atoms with Crippen molar-refractivity contribution in [1.29, 1.82) is 0 Å². The second kappa shape index (κ2) is 6.85. The van der Waals surface area contributed by atoms with Crippen molar-refractivity contribution in [3.8, 4) is 0 Å². The highest BCUT2D eigenvalue weighted by molar-refractivity contribution is 5.82. The Hall–Kier alpha value is -1.40. The van der Waals surface area contributed by atoms with Crippen molar-refractivity contribution in [2.24, 2.45) is 18.7 Å².